The molecule has 1 saturated carbocycles. The molecule has 1 aromatic heterocycles. The minimum absolute atomic E-state index is 0.0333. The summed E-state index contributed by atoms with van der Waals surface area (Å²) in [6.07, 6.45) is 6.47. The summed E-state index contributed by atoms with van der Waals surface area (Å²) in [7, 11) is 0. The molecule has 5 nitrogen and oxygen atoms in total. The lowest BCUT2D eigenvalue weighted by atomic mass is 9.71. The van der Waals surface area contributed by atoms with Crippen LogP contribution >= 0.6 is 11.6 Å². The van der Waals surface area contributed by atoms with E-state index in [1.807, 2.05) is 12.1 Å². The lowest BCUT2D eigenvalue weighted by molar-refractivity contribution is 0.102. The van der Waals surface area contributed by atoms with Gasteiger partial charge in [-0.15, -0.1) is 0 Å². The fourth-order valence-electron chi connectivity index (χ4n) is 3.39. The van der Waals surface area contributed by atoms with Crippen molar-refractivity contribution in [2.45, 2.75) is 31.3 Å². The van der Waals surface area contributed by atoms with Gasteiger partial charge in [-0.3, -0.25) is 4.79 Å². The molecule has 1 aliphatic carbocycles. The molecule has 1 aliphatic rings. The van der Waals surface area contributed by atoms with Gasteiger partial charge >= 0.3 is 0 Å². The molecule has 0 bridgehead atoms. The van der Waals surface area contributed by atoms with Crippen molar-refractivity contribution in [3.8, 4) is 0 Å². The molecule has 27 heavy (non-hydrogen) atoms. The SMILES string of the molecule is O=C(Nc1ccc(C2(NCc3cocn3)CCC2)cc1)c1cccc(Cl)c1. The molecular weight excluding hydrogens is 362 g/mol. The number of hydrogen-bond acceptors (Lipinski definition) is 4. The Morgan fingerprint density at radius 1 is 1.19 bits per heavy atom. The zero-order valence-corrected chi connectivity index (χ0v) is 15.5. The van der Waals surface area contributed by atoms with Crippen LogP contribution in [0.2, 0.25) is 5.02 Å². The molecule has 0 aliphatic heterocycles. The van der Waals surface area contributed by atoms with Crippen LogP contribution < -0.4 is 10.6 Å². The summed E-state index contributed by atoms with van der Waals surface area (Å²) in [6.45, 7) is 0.670. The number of hydrogen-bond donors (Lipinski definition) is 2. The Balaban J connectivity index is 1.44. The van der Waals surface area contributed by atoms with Gasteiger partial charge in [0.05, 0.1) is 5.69 Å². The van der Waals surface area contributed by atoms with E-state index in [9.17, 15) is 4.79 Å². The second kappa shape index (κ2) is 7.55. The normalized spacial score (nSPS) is 15.1. The summed E-state index contributed by atoms with van der Waals surface area (Å²) >= 11 is 5.95. The van der Waals surface area contributed by atoms with Crippen LogP contribution in [0.25, 0.3) is 0 Å². The van der Waals surface area contributed by atoms with Gasteiger partial charge in [0.25, 0.3) is 5.91 Å². The molecule has 2 aromatic carbocycles. The summed E-state index contributed by atoms with van der Waals surface area (Å²) in [4.78, 5) is 16.5. The maximum atomic E-state index is 12.4. The van der Waals surface area contributed by atoms with Crippen LogP contribution in [0.4, 0.5) is 5.69 Å². The Morgan fingerprint density at radius 3 is 2.63 bits per heavy atom. The van der Waals surface area contributed by atoms with Crippen molar-refractivity contribution in [1.82, 2.24) is 10.3 Å². The van der Waals surface area contributed by atoms with Crippen LogP contribution in [0.3, 0.4) is 0 Å². The number of amides is 1. The van der Waals surface area contributed by atoms with Crippen molar-refractivity contribution < 1.29 is 9.21 Å². The number of aromatic nitrogens is 1. The molecule has 1 amide bonds. The lowest BCUT2D eigenvalue weighted by Gasteiger charge is -2.43. The Hall–Kier alpha value is -2.63. The average Bonchev–Trinajstić information content (AvgIpc) is 3.16. The first-order valence-electron chi connectivity index (χ1n) is 8.94. The lowest BCUT2D eigenvalue weighted by Crippen LogP contribution is -2.47. The minimum Gasteiger partial charge on any atom is -0.451 e. The van der Waals surface area contributed by atoms with Gasteiger partial charge in [0.1, 0.15) is 6.26 Å². The van der Waals surface area contributed by atoms with Crippen molar-refractivity contribution in [2.75, 3.05) is 5.32 Å². The minimum atomic E-state index is -0.173. The number of oxazole rings is 1. The molecule has 1 heterocycles. The number of carbonyl (C=O) groups is 1. The number of nitrogens with zero attached hydrogens (tertiary/aromatic N) is 1. The quantitative estimate of drug-likeness (QED) is 0.646. The first-order valence-corrected chi connectivity index (χ1v) is 9.32. The molecule has 0 unspecified atom stereocenters. The summed E-state index contributed by atoms with van der Waals surface area (Å²) in [6, 6.07) is 14.9. The smallest absolute Gasteiger partial charge is 0.255 e. The third-order valence-corrected chi connectivity index (χ3v) is 5.32. The monoisotopic (exact) mass is 381 g/mol. The Labute approximate surface area is 162 Å². The molecule has 138 valence electrons. The van der Waals surface area contributed by atoms with Crippen molar-refractivity contribution in [1.29, 1.82) is 0 Å². The second-order valence-electron chi connectivity index (χ2n) is 6.81. The van der Waals surface area contributed by atoms with Crippen molar-refractivity contribution in [3.05, 3.63) is 83.0 Å². The van der Waals surface area contributed by atoms with Crippen molar-refractivity contribution in [3.63, 3.8) is 0 Å². The van der Waals surface area contributed by atoms with Crippen LogP contribution in [-0.4, -0.2) is 10.9 Å². The van der Waals surface area contributed by atoms with E-state index in [0.717, 1.165) is 24.2 Å². The highest BCUT2D eigenvalue weighted by molar-refractivity contribution is 6.31. The van der Waals surface area contributed by atoms with Gasteiger partial charge < -0.3 is 15.1 Å². The maximum absolute atomic E-state index is 12.4. The van der Waals surface area contributed by atoms with E-state index < -0.39 is 0 Å². The zero-order valence-electron chi connectivity index (χ0n) is 14.7. The first-order chi connectivity index (χ1) is 13.1. The van der Waals surface area contributed by atoms with E-state index in [1.165, 1.54) is 18.4 Å². The van der Waals surface area contributed by atoms with E-state index in [4.69, 9.17) is 16.0 Å². The molecule has 1 fully saturated rings. The largest absolute Gasteiger partial charge is 0.451 e. The van der Waals surface area contributed by atoms with E-state index in [-0.39, 0.29) is 11.4 Å². The zero-order chi connectivity index (χ0) is 18.7. The third-order valence-electron chi connectivity index (χ3n) is 5.08. The van der Waals surface area contributed by atoms with Crippen LogP contribution in [0, 0.1) is 0 Å². The highest BCUT2D eigenvalue weighted by Crippen LogP contribution is 2.41. The fraction of sp³-hybridized carbons (Fsp3) is 0.238. The van der Waals surface area contributed by atoms with Crippen LogP contribution in [0.15, 0.2) is 65.6 Å². The average molecular weight is 382 g/mol. The van der Waals surface area contributed by atoms with Gasteiger partial charge in [-0.05, 0) is 55.2 Å². The summed E-state index contributed by atoms with van der Waals surface area (Å²) < 4.78 is 5.03. The summed E-state index contributed by atoms with van der Waals surface area (Å²) in [5.41, 5.74) is 3.38. The predicted molar refractivity (Wildman–Crippen MR) is 105 cm³/mol. The van der Waals surface area contributed by atoms with Gasteiger partial charge in [-0.2, -0.15) is 0 Å². The Kier molecular flexibility index (Phi) is 4.97. The standard InChI is InChI=1S/C21H20ClN3O2/c22-17-4-1-3-15(11-17)20(26)25-18-7-5-16(6-8-18)21(9-2-10-21)24-12-19-13-27-14-23-19/h1,3-8,11,13-14,24H,2,9-10,12H2,(H,25,26). The van der Waals surface area contributed by atoms with Crippen LogP contribution in [0.5, 0.6) is 0 Å². The molecule has 4 rings (SSSR count). The van der Waals surface area contributed by atoms with E-state index in [1.54, 1.807) is 30.5 Å². The second-order valence-corrected chi connectivity index (χ2v) is 7.25. The maximum Gasteiger partial charge on any atom is 0.255 e. The number of halogens is 1. The predicted octanol–water partition coefficient (Wildman–Crippen LogP) is 4.75. The molecule has 2 N–H and O–H groups in total. The molecule has 6 heteroatoms. The highest BCUT2D eigenvalue weighted by atomic mass is 35.5. The van der Waals surface area contributed by atoms with Crippen LogP contribution in [0.1, 0.15) is 40.9 Å². The fourth-order valence-corrected chi connectivity index (χ4v) is 3.58. The van der Waals surface area contributed by atoms with E-state index in [2.05, 4.69) is 27.8 Å². The number of anilines is 1. The van der Waals surface area contributed by atoms with Gasteiger partial charge in [0.2, 0.25) is 0 Å². The van der Waals surface area contributed by atoms with Gasteiger partial charge in [-0.1, -0.05) is 29.8 Å². The molecule has 0 atom stereocenters. The third kappa shape index (κ3) is 3.89. The van der Waals surface area contributed by atoms with Crippen LogP contribution in [-0.2, 0) is 12.1 Å². The molecule has 0 saturated heterocycles. The van der Waals surface area contributed by atoms with E-state index in [0.29, 0.717) is 17.1 Å². The van der Waals surface area contributed by atoms with Crippen molar-refractivity contribution >= 4 is 23.2 Å². The Bertz CT molecular complexity index is 919. The number of rotatable bonds is 6. The van der Waals surface area contributed by atoms with Gasteiger partial charge in [-0.25, -0.2) is 4.98 Å². The topological polar surface area (TPSA) is 67.2 Å². The summed E-state index contributed by atoms with van der Waals surface area (Å²) in [5, 5.41) is 7.08. The number of benzene rings is 2. The molecular formula is C21H20ClN3O2. The Morgan fingerprint density at radius 2 is 2.00 bits per heavy atom. The number of nitrogens with one attached hydrogen (secondary N) is 2. The first kappa shape index (κ1) is 17.8. The highest BCUT2D eigenvalue weighted by Gasteiger charge is 2.38. The molecule has 0 radical (unpaired) electrons. The van der Waals surface area contributed by atoms with Gasteiger partial charge in [0.15, 0.2) is 6.39 Å². The number of carbonyl (C=O) groups excluding carboxylic acids is 1. The molecule has 0 spiro atoms. The molecule has 3 aromatic rings. The summed E-state index contributed by atoms with van der Waals surface area (Å²) in [5.74, 6) is -0.173. The van der Waals surface area contributed by atoms with Gasteiger partial charge in [0, 0.05) is 28.4 Å². The van der Waals surface area contributed by atoms with Crippen molar-refractivity contribution in [2.24, 2.45) is 0 Å². The van der Waals surface area contributed by atoms with E-state index >= 15 is 0 Å².